The van der Waals surface area contributed by atoms with Gasteiger partial charge in [-0.05, 0) is 44.3 Å². The van der Waals surface area contributed by atoms with Crippen LogP contribution in [0.3, 0.4) is 0 Å². The molecule has 0 bridgehead atoms. The van der Waals surface area contributed by atoms with Gasteiger partial charge in [-0.25, -0.2) is 8.42 Å². The molecule has 0 aromatic heterocycles. The highest BCUT2D eigenvalue weighted by Crippen LogP contribution is 2.24. The minimum Gasteiger partial charge on any atom is -0.490 e. The van der Waals surface area contributed by atoms with Crippen LogP contribution in [0.25, 0.3) is 0 Å². The second-order valence-electron chi connectivity index (χ2n) is 6.80. The number of nitrogens with zero attached hydrogens (tertiary/aromatic N) is 1. The van der Waals surface area contributed by atoms with E-state index >= 15 is 0 Å². The standard InChI is InChI=1S/C22H30N2O4S/c1-4-24(5-2)15-16-28-21-9-7-6-8-20(21)23-22(25)14-17-29(26,27)19-12-10-18(3)11-13-19/h6-13H,4-5,14-17H2,1-3H3,(H,23,25). The number of sulfone groups is 1. The molecular weight excluding hydrogens is 388 g/mol. The van der Waals surface area contributed by atoms with Crippen molar-refractivity contribution in [3.05, 3.63) is 54.1 Å². The van der Waals surface area contributed by atoms with Crippen LogP contribution in [0.5, 0.6) is 5.75 Å². The molecule has 2 rings (SSSR count). The molecule has 2 aromatic carbocycles. The molecule has 0 aliphatic heterocycles. The minimum absolute atomic E-state index is 0.121. The number of amides is 1. The van der Waals surface area contributed by atoms with Gasteiger partial charge in [0.15, 0.2) is 9.84 Å². The Labute approximate surface area is 173 Å². The van der Waals surface area contributed by atoms with Crippen LogP contribution in [0.15, 0.2) is 53.4 Å². The Balaban J connectivity index is 1.92. The number of carbonyl (C=O) groups excluding carboxylic acids is 1. The van der Waals surface area contributed by atoms with E-state index in [1.54, 1.807) is 42.5 Å². The van der Waals surface area contributed by atoms with E-state index in [1.165, 1.54) is 0 Å². The summed E-state index contributed by atoms with van der Waals surface area (Å²) in [7, 11) is -3.50. The van der Waals surface area contributed by atoms with E-state index in [1.807, 2.05) is 13.0 Å². The molecule has 158 valence electrons. The number of nitrogens with one attached hydrogen (secondary N) is 1. The van der Waals surface area contributed by atoms with E-state index in [2.05, 4.69) is 24.1 Å². The third-order valence-corrected chi connectivity index (χ3v) is 6.43. The molecule has 7 heteroatoms. The van der Waals surface area contributed by atoms with Crippen LogP contribution in [0.2, 0.25) is 0 Å². The summed E-state index contributed by atoms with van der Waals surface area (Å²) in [4.78, 5) is 14.8. The monoisotopic (exact) mass is 418 g/mol. The van der Waals surface area contributed by atoms with Crippen LogP contribution in [0, 0.1) is 6.92 Å². The van der Waals surface area contributed by atoms with Crippen molar-refractivity contribution in [2.75, 3.05) is 37.3 Å². The highest BCUT2D eigenvalue weighted by molar-refractivity contribution is 7.91. The number of aryl methyl sites for hydroxylation is 1. The van der Waals surface area contributed by atoms with Gasteiger partial charge in [0.25, 0.3) is 0 Å². The third kappa shape index (κ3) is 7.18. The second-order valence-corrected chi connectivity index (χ2v) is 8.91. The first-order chi connectivity index (χ1) is 13.9. The molecule has 0 atom stereocenters. The maximum Gasteiger partial charge on any atom is 0.225 e. The van der Waals surface area contributed by atoms with Gasteiger partial charge >= 0.3 is 0 Å². The average molecular weight is 419 g/mol. The lowest BCUT2D eigenvalue weighted by molar-refractivity contribution is -0.115. The van der Waals surface area contributed by atoms with Crippen LogP contribution in [-0.2, 0) is 14.6 Å². The Morgan fingerprint density at radius 3 is 2.34 bits per heavy atom. The van der Waals surface area contributed by atoms with Crippen molar-refractivity contribution >= 4 is 21.4 Å². The van der Waals surface area contributed by atoms with Crippen molar-refractivity contribution in [2.24, 2.45) is 0 Å². The molecule has 0 heterocycles. The van der Waals surface area contributed by atoms with Gasteiger partial charge in [-0.2, -0.15) is 0 Å². The highest BCUT2D eigenvalue weighted by Gasteiger charge is 2.17. The lowest BCUT2D eigenvalue weighted by Gasteiger charge is -2.19. The maximum atomic E-state index is 12.4. The topological polar surface area (TPSA) is 75.7 Å². The maximum absolute atomic E-state index is 12.4. The zero-order valence-electron chi connectivity index (χ0n) is 17.3. The summed E-state index contributed by atoms with van der Waals surface area (Å²) in [5, 5.41) is 2.77. The summed E-state index contributed by atoms with van der Waals surface area (Å²) >= 11 is 0. The summed E-state index contributed by atoms with van der Waals surface area (Å²) < 4.78 is 30.7. The molecule has 2 aromatic rings. The lowest BCUT2D eigenvalue weighted by atomic mass is 10.2. The quantitative estimate of drug-likeness (QED) is 0.604. The molecule has 0 radical (unpaired) electrons. The van der Waals surface area contributed by atoms with E-state index in [0.29, 0.717) is 18.0 Å². The minimum atomic E-state index is -3.50. The second kappa shape index (κ2) is 11.0. The molecule has 29 heavy (non-hydrogen) atoms. The summed E-state index contributed by atoms with van der Waals surface area (Å²) in [6, 6.07) is 13.8. The van der Waals surface area contributed by atoms with E-state index in [4.69, 9.17) is 4.74 Å². The summed E-state index contributed by atoms with van der Waals surface area (Å²) in [6.45, 7) is 9.30. The molecule has 0 unspecified atom stereocenters. The fourth-order valence-corrected chi connectivity index (χ4v) is 4.06. The Hall–Kier alpha value is -2.38. The van der Waals surface area contributed by atoms with E-state index in [9.17, 15) is 13.2 Å². The van der Waals surface area contributed by atoms with Crippen LogP contribution in [0.1, 0.15) is 25.8 Å². The number of hydrogen-bond donors (Lipinski definition) is 1. The van der Waals surface area contributed by atoms with Crippen molar-refractivity contribution in [1.29, 1.82) is 0 Å². The largest absolute Gasteiger partial charge is 0.490 e. The highest BCUT2D eigenvalue weighted by atomic mass is 32.2. The van der Waals surface area contributed by atoms with Crippen molar-refractivity contribution < 1.29 is 17.9 Å². The summed E-state index contributed by atoms with van der Waals surface area (Å²) in [6.07, 6.45) is -0.121. The average Bonchev–Trinajstić information content (AvgIpc) is 2.71. The van der Waals surface area contributed by atoms with Gasteiger partial charge in [-0.3, -0.25) is 4.79 Å². The zero-order chi connectivity index (χ0) is 21.3. The van der Waals surface area contributed by atoms with E-state index in [0.717, 1.165) is 25.2 Å². The van der Waals surface area contributed by atoms with E-state index in [-0.39, 0.29) is 23.0 Å². The molecule has 0 saturated carbocycles. The first-order valence-electron chi connectivity index (χ1n) is 9.89. The van der Waals surface area contributed by atoms with Crippen molar-refractivity contribution in [2.45, 2.75) is 32.1 Å². The number of carbonyl (C=O) groups is 1. The fraction of sp³-hybridized carbons (Fsp3) is 0.409. The number of benzene rings is 2. The normalized spacial score (nSPS) is 11.4. The van der Waals surface area contributed by atoms with Crippen molar-refractivity contribution in [3.63, 3.8) is 0 Å². The third-order valence-electron chi connectivity index (χ3n) is 4.70. The molecule has 0 aliphatic rings. The fourth-order valence-electron chi connectivity index (χ4n) is 2.82. The molecule has 0 aliphatic carbocycles. The number of ether oxygens (including phenoxy) is 1. The Bertz CT molecular complexity index is 891. The predicted molar refractivity (Wildman–Crippen MR) is 116 cm³/mol. The van der Waals surface area contributed by atoms with Crippen LogP contribution >= 0.6 is 0 Å². The number of anilines is 1. The Kier molecular flexibility index (Phi) is 8.67. The van der Waals surface area contributed by atoms with Crippen molar-refractivity contribution in [1.82, 2.24) is 4.90 Å². The molecule has 1 N–H and O–H groups in total. The predicted octanol–water partition coefficient (Wildman–Crippen LogP) is 3.52. The SMILES string of the molecule is CCN(CC)CCOc1ccccc1NC(=O)CCS(=O)(=O)c1ccc(C)cc1. The van der Waals surface area contributed by atoms with Gasteiger partial charge in [0.05, 0.1) is 16.3 Å². The van der Waals surface area contributed by atoms with Gasteiger partial charge < -0.3 is 15.0 Å². The first-order valence-corrected chi connectivity index (χ1v) is 11.5. The molecule has 0 spiro atoms. The van der Waals surface area contributed by atoms with Gasteiger partial charge in [0, 0.05) is 13.0 Å². The number of likely N-dealkylation sites (N-methyl/N-ethyl adjacent to an activating group) is 1. The lowest BCUT2D eigenvalue weighted by Crippen LogP contribution is -2.28. The molecular formula is C22H30N2O4S. The smallest absolute Gasteiger partial charge is 0.225 e. The van der Waals surface area contributed by atoms with Crippen LogP contribution in [0.4, 0.5) is 5.69 Å². The summed E-state index contributed by atoms with van der Waals surface area (Å²) in [5.74, 6) is -0.0257. The molecule has 6 nitrogen and oxygen atoms in total. The van der Waals surface area contributed by atoms with Crippen LogP contribution in [-0.4, -0.2) is 51.2 Å². The van der Waals surface area contributed by atoms with Crippen LogP contribution < -0.4 is 10.1 Å². The number of hydrogen-bond acceptors (Lipinski definition) is 5. The van der Waals surface area contributed by atoms with E-state index < -0.39 is 9.84 Å². The van der Waals surface area contributed by atoms with Gasteiger partial charge in [0.2, 0.25) is 5.91 Å². The first kappa shape index (κ1) is 22.9. The number of rotatable bonds is 11. The number of para-hydroxylation sites is 2. The Morgan fingerprint density at radius 2 is 1.69 bits per heavy atom. The zero-order valence-corrected chi connectivity index (χ0v) is 18.2. The van der Waals surface area contributed by atoms with Crippen molar-refractivity contribution in [3.8, 4) is 5.75 Å². The van der Waals surface area contributed by atoms with Gasteiger partial charge in [0.1, 0.15) is 12.4 Å². The Morgan fingerprint density at radius 1 is 1.03 bits per heavy atom. The van der Waals surface area contributed by atoms with Gasteiger partial charge in [-0.1, -0.05) is 43.7 Å². The van der Waals surface area contributed by atoms with Gasteiger partial charge in [-0.15, -0.1) is 0 Å². The molecule has 1 amide bonds. The summed E-state index contributed by atoms with van der Waals surface area (Å²) in [5.41, 5.74) is 1.53. The molecule has 0 saturated heterocycles. The molecule has 0 fully saturated rings.